The zero-order valence-electron chi connectivity index (χ0n) is 25.1. The number of fused-ring (bicyclic) bond motifs is 2. The van der Waals surface area contributed by atoms with E-state index >= 15 is 0 Å². The first-order valence-electron chi connectivity index (χ1n) is 14.9. The molecule has 1 aliphatic rings. The number of pyridine rings is 1. The van der Waals surface area contributed by atoms with Crippen LogP contribution in [0.5, 0.6) is 0 Å². The summed E-state index contributed by atoms with van der Waals surface area (Å²) >= 11 is 0.992. The van der Waals surface area contributed by atoms with E-state index in [1.165, 1.54) is 11.6 Å². The number of anilines is 3. The molecule has 1 aliphatic heterocycles. The Morgan fingerprint density at radius 2 is 1.96 bits per heavy atom. The van der Waals surface area contributed by atoms with Gasteiger partial charge in [0.2, 0.25) is 12.4 Å². The molecule has 0 saturated carbocycles. The molecule has 1 fully saturated rings. The molecule has 0 atom stereocenters. The molecule has 0 bridgehead atoms. The lowest BCUT2D eigenvalue weighted by atomic mass is 10.0. The van der Waals surface area contributed by atoms with E-state index in [9.17, 15) is 23.2 Å². The van der Waals surface area contributed by atoms with Gasteiger partial charge in [-0.15, -0.1) is 11.3 Å². The van der Waals surface area contributed by atoms with E-state index in [2.05, 4.69) is 55.6 Å². The maximum absolute atomic E-state index is 13.0. The van der Waals surface area contributed by atoms with Gasteiger partial charge in [0.1, 0.15) is 28.2 Å². The number of carbonyl (C=O) groups is 1. The van der Waals surface area contributed by atoms with Crippen LogP contribution < -0.4 is 16.4 Å². The number of piperidine rings is 1. The number of nitriles is 1. The average Bonchev–Trinajstić information content (AvgIpc) is 3.59. The first-order chi connectivity index (χ1) is 22.1. The van der Waals surface area contributed by atoms with Crippen LogP contribution >= 0.6 is 11.3 Å². The number of amides is 1. The summed E-state index contributed by atoms with van der Waals surface area (Å²) in [7, 11) is 0. The van der Waals surface area contributed by atoms with Crippen LogP contribution in [0.25, 0.3) is 21.1 Å². The second-order valence-electron chi connectivity index (χ2n) is 11.5. The highest BCUT2D eigenvalue weighted by atomic mass is 32.1. The topological polar surface area (TPSA) is 138 Å². The standard InChI is InChI=1S/C32H32F3N9OS/c1-19-21(3-4-27-25(19)12-23(15-36)44(27)11-6-20-2-5-28(38-16-20)39-18-45)17-43-9-7-22(8-10-43)40-29-26-13-24(14-32(33,34)35)46-30(26)42-31(37)41-29/h2-5,12-13,16,18,22H,6-11,14,17H2,1H3,(H,38,39,45)(H3,37,40,41,42). The number of nitrogens with one attached hydrogen (secondary N) is 2. The van der Waals surface area contributed by atoms with Crippen molar-refractivity contribution in [2.45, 2.75) is 57.9 Å². The Morgan fingerprint density at radius 3 is 2.65 bits per heavy atom. The molecule has 0 aliphatic carbocycles. The lowest BCUT2D eigenvalue weighted by molar-refractivity contribution is -0.126. The number of carbonyl (C=O) groups excluding carboxylic acids is 1. The van der Waals surface area contributed by atoms with Gasteiger partial charge in [-0.05, 0) is 67.1 Å². The minimum Gasteiger partial charge on any atom is -0.368 e. The molecule has 4 aromatic heterocycles. The monoisotopic (exact) mass is 647 g/mol. The van der Waals surface area contributed by atoms with E-state index in [0.717, 1.165) is 65.8 Å². The fourth-order valence-corrected chi connectivity index (χ4v) is 7.10. The number of likely N-dealkylation sites (tertiary alicyclic amines) is 1. The Balaban J connectivity index is 1.10. The number of thiophene rings is 1. The molecule has 238 valence electrons. The van der Waals surface area contributed by atoms with Crippen LogP contribution in [0.3, 0.4) is 0 Å². The van der Waals surface area contributed by atoms with Crippen molar-refractivity contribution in [1.29, 1.82) is 5.26 Å². The molecule has 1 saturated heterocycles. The maximum Gasteiger partial charge on any atom is 0.393 e. The van der Waals surface area contributed by atoms with Gasteiger partial charge in [0.05, 0.1) is 11.8 Å². The van der Waals surface area contributed by atoms with Gasteiger partial charge in [0.15, 0.2) is 0 Å². The van der Waals surface area contributed by atoms with Gasteiger partial charge in [0.25, 0.3) is 0 Å². The summed E-state index contributed by atoms with van der Waals surface area (Å²) < 4.78 is 41.0. The normalized spacial score (nSPS) is 14.5. The van der Waals surface area contributed by atoms with Gasteiger partial charge in [-0.1, -0.05) is 12.1 Å². The summed E-state index contributed by atoms with van der Waals surface area (Å²) in [5.41, 5.74) is 10.8. The number of hydrogen-bond donors (Lipinski definition) is 3. The van der Waals surface area contributed by atoms with Crippen LogP contribution in [0.1, 0.15) is 40.1 Å². The van der Waals surface area contributed by atoms with Crippen molar-refractivity contribution in [3.05, 3.63) is 69.9 Å². The molecule has 5 aromatic rings. The quantitative estimate of drug-likeness (QED) is 0.162. The Hall–Kier alpha value is -4.74. The molecule has 5 heterocycles. The summed E-state index contributed by atoms with van der Waals surface area (Å²) in [6, 6.07) is 13.8. The highest BCUT2D eigenvalue weighted by Gasteiger charge is 2.29. The Kier molecular flexibility index (Phi) is 8.79. The van der Waals surface area contributed by atoms with E-state index in [-0.39, 0.29) is 16.9 Å². The van der Waals surface area contributed by atoms with Gasteiger partial charge >= 0.3 is 6.18 Å². The number of nitrogens with zero attached hydrogens (tertiary/aromatic N) is 6. The predicted molar refractivity (Wildman–Crippen MR) is 173 cm³/mol. The minimum atomic E-state index is -4.30. The maximum atomic E-state index is 13.0. The van der Waals surface area contributed by atoms with Crippen molar-refractivity contribution in [2.75, 3.05) is 29.5 Å². The molecule has 0 radical (unpaired) electrons. The Morgan fingerprint density at radius 1 is 1.15 bits per heavy atom. The lowest BCUT2D eigenvalue weighted by Gasteiger charge is -2.33. The van der Waals surface area contributed by atoms with Crippen molar-refractivity contribution in [3.63, 3.8) is 0 Å². The molecule has 10 nitrogen and oxygen atoms in total. The van der Waals surface area contributed by atoms with Gasteiger partial charge < -0.3 is 20.9 Å². The zero-order chi connectivity index (χ0) is 32.4. The molecule has 46 heavy (non-hydrogen) atoms. The Labute approximate surface area is 267 Å². The van der Waals surface area contributed by atoms with Crippen LogP contribution in [0.2, 0.25) is 0 Å². The van der Waals surface area contributed by atoms with Crippen LogP contribution in [0.4, 0.5) is 30.8 Å². The van der Waals surface area contributed by atoms with Crippen molar-refractivity contribution < 1.29 is 18.0 Å². The van der Waals surface area contributed by atoms with Crippen LogP contribution in [-0.4, -0.2) is 56.1 Å². The smallest absolute Gasteiger partial charge is 0.368 e. The molecule has 1 aromatic carbocycles. The third-order valence-electron chi connectivity index (χ3n) is 8.39. The van der Waals surface area contributed by atoms with Crippen molar-refractivity contribution in [2.24, 2.45) is 0 Å². The number of benzene rings is 1. The first kappa shape index (κ1) is 31.3. The van der Waals surface area contributed by atoms with E-state index in [4.69, 9.17) is 5.73 Å². The molecule has 1 amide bonds. The molecule has 0 spiro atoms. The van der Waals surface area contributed by atoms with Crippen LogP contribution in [0.15, 0.2) is 42.6 Å². The molecular formula is C32H32F3N9OS. The summed E-state index contributed by atoms with van der Waals surface area (Å²) in [4.78, 5) is 26.3. The predicted octanol–water partition coefficient (Wildman–Crippen LogP) is 5.80. The first-order valence-corrected chi connectivity index (χ1v) is 15.7. The average molecular weight is 648 g/mol. The zero-order valence-corrected chi connectivity index (χ0v) is 25.9. The summed E-state index contributed by atoms with van der Waals surface area (Å²) in [5, 5.41) is 17.5. The molecule has 14 heteroatoms. The largest absolute Gasteiger partial charge is 0.393 e. The SMILES string of the molecule is Cc1c(CN2CCC(Nc3nc(N)nc4sc(CC(F)(F)F)cc34)CC2)ccc2c1cc(C#N)n2CCc1ccc(NC=O)nc1. The van der Waals surface area contributed by atoms with Crippen molar-refractivity contribution in [3.8, 4) is 6.07 Å². The van der Waals surface area contributed by atoms with E-state index in [1.807, 2.05) is 16.7 Å². The van der Waals surface area contributed by atoms with E-state index in [1.54, 1.807) is 12.3 Å². The molecule has 4 N–H and O–H groups in total. The minimum absolute atomic E-state index is 0.0337. The van der Waals surface area contributed by atoms with E-state index in [0.29, 0.717) is 46.9 Å². The number of nitrogens with two attached hydrogens (primary N) is 1. The number of alkyl halides is 3. The van der Waals surface area contributed by atoms with Crippen molar-refractivity contribution >= 4 is 56.5 Å². The molecule has 6 rings (SSSR count). The number of hydrogen-bond acceptors (Lipinski definition) is 9. The number of halogens is 3. The second-order valence-corrected chi connectivity index (χ2v) is 12.6. The van der Waals surface area contributed by atoms with Gasteiger partial charge in [-0.3, -0.25) is 9.69 Å². The summed E-state index contributed by atoms with van der Waals surface area (Å²) in [6.45, 7) is 5.15. The van der Waals surface area contributed by atoms with Gasteiger partial charge in [-0.25, -0.2) is 9.97 Å². The van der Waals surface area contributed by atoms with Crippen LogP contribution in [-0.2, 0) is 30.7 Å². The molecule has 0 unspecified atom stereocenters. The van der Waals surface area contributed by atoms with Crippen molar-refractivity contribution in [1.82, 2.24) is 24.4 Å². The molecular weight excluding hydrogens is 615 g/mol. The van der Waals surface area contributed by atoms with Gasteiger partial charge in [0, 0.05) is 54.2 Å². The number of aromatic nitrogens is 4. The number of rotatable bonds is 10. The number of nitrogen functional groups attached to an aromatic ring is 1. The Bertz CT molecular complexity index is 1920. The second kappa shape index (κ2) is 12.9. The van der Waals surface area contributed by atoms with Crippen LogP contribution in [0, 0.1) is 18.3 Å². The highest BCUT2D eigenvalue weighted by Crippen LogP contribution is 2.34. The fraction of sp³-hybridized carbons (Fsp3) is 0.344. The summed E-state index contributed by atoms with van der Waals surface area (Å²) in [5.74, 6) is 1.00. The third-order valence-corrected chi connectivity index (χ3v) is 9.42. The summed E-state index contributed by atoms with van der Waals surface area (Å²) in [6.07, 6.45) is -0.629. The van der Waals surface area contributed by atoms with E-state index < -0.39 is 12.6 Å². The lowest BCUT2D eigenvalue weighted by Crippen LogP contribution is -2.39. The van der Waals surface area contributed by atoms with Gasteiger partial charge in [-0.2, -0.15) is 23.4 Å². The number of aryl methyl sites for hydroxylation is 3. The fourth-order valence-electron chi connectivity index (χ4n) is 6.04. The third kappa shape index (κ3) is 6.90. The highest BCUT2D eigenvalue weighted by molar-refractivity contribution is 7.18.